The Morgan fingerprint density at radius 2 is 2.29 bits per heavy atom. The zero-order valence-corrected chi connectivity index (χ0v) is 7.86. The Balaban J connectivity index is 2.72. The summed E-state index contributed by atoms with van der Waals surface area (Å²) in [5.41, 5.74) is 5.42. The van der Waals surface area contributed by atoms with Crippen molar-refractivity contribution in [3.8, 4) is 5.75 Å². The number of pyridine rings is 1. The molecule has 0 spiro atoms. The highest BCUT2D eigenvalue weighted by Crippen LogP contribution is 2.25. The highest BCUT2D eigenvalue weighted by Gasteiger charge is 2.06. The molecule has 5 nitrogen and oxygen atoms in total. The summed E-state index contributed by atoms with van der Waals surface area (Å²) in [6, 6.07) is 3.22. The number of aromatic nitrogens is 1. The van der Waals surface area contributed by atoms with Gasteiger partial charge in [0.05, 0.1) is 6.61 Å². The molecule has 0 bridgehead atoms. The van der Waals surface area contributed by atoms with Crippen molar-refractivity contribution in [2.45, 2.75) is 0 Å². The number of nitrogens with zero attached hydrogens (tertiary/aromatic N) is 2. The Labute approximate surface area is 82.3 Å². The quantitative estimate of drug-likeness (QED) is 0.577. The van der Waals surface area contributed by atoms with Crippen LogP contribution in [0.3, 0.4) is 0 Å². The predicted octanol–water partition coefficient (Wildman–Crippen LogP) is 1.24. The third kappa shape index (κ3) is 2.61. The van der Waals surface area contributed by atoms with Gasteiger partial charge in [0.15, 0.2) is 0 Å². The minimum atomic E-state index is 0.182. The van der Waals surface area contributed by atoms with Crippen molar-refractivity contribution < 1.29 is 9.47 Å². The summed E-state index contributed by atoms with van der Waals surface area (Å²) in [5, 5.41) is 0. The lowest BCUT2D eigenvalue weighted by Gasteiger charge is -2.06. The van der Waals surface area contributed by atoms with Gasteiger partial charge in [0, 0.05) is 13.2 Å². The molecule has 1 heterocycles. The lowest BCUT2D eigenvalue weighted by atomic mass is 10.4. The largest absolute Gasteiger partial charge is 0.500 e. The minimum Gasteiger partial charge on any atom is -0.500 e. The standard InChI is InChI=1S/C9H11N3O2/c1-11-9-7(14-6-5-13-2)3-4-8(10)12-9/h3-4H,5-6H2,2H3,(H2,10,12). The molecular formula is C9H11N3O2. The first-order valence-corrected chi connectivity index (χ1v) is 4.03. The van der Waals surface area contributed by atoms with Crippen molar-refractivity contribution in [2.24, 2.45) is 0 Å². The molecule has 74 valence electrons. The Kier molecular flexibility index (Phi) is 3.70. The molecule has 1 aromatic heterocycles. The molecule has 0 unspecified atom stereocenters. The van der Waals surface area contributed by atoms with Gasteiger partial charge in [-0.15, -0.1) is 0 Å². The molecule has 0 aromatic carbocycles. The van der Waals surface area contributed by atoms with Crippen LogP contribution in [0.1, 0.15) is 0 Å². The molecule has 0 atom stereocenters. The van der Waals surface area contributed by atoms with Crippen molar-refractivity contribution in [3.63, 3.8) is 0 Å². The number of ether oxygens (including phenoxy) is 2. The zero-order valence-electron chi connectivity index (χ0n) is 7.86. The van der Waals surface area contributed by atoms with Gasteiger partial charge in [0.25, 0.3) is 0 Å². The fourth-order valence-corrected chi connectivity index (χ4v) is 0.878. The number of rotatable bonds is 4. The Bertz CT molecular complexity index is 346. The Morgan fingerprint density at radius 1 is 1.50 bits per heavy atom. The predicted molar refractivity (Wildman–Crippen MR) is 52.3 cm³/mol. The summed E-state index contributed by atoms with van der Waals surface area (Å²) in [6.07, 6.45) is 0. The van der Waals surface area contributed by atoms with Crippen LogP contribution in [-0.4, -0.2) is 25.3 Å². The van der Waals surface area contributed by atoms with Crippen molar-refractivity contribution in [2.75, 3.05) is 26.1 Å². The normalized spacial score (nSPS) is 9.43. The average molecular weight is 193 g/mol. The van der Waals surface area contributed by atoms with Crippen LogP contribution < -0.4 is 10.5 Å². The van der Waals surface area contributed by atoms with E-state index < -0.39 is 0 Å². The van der Waals surface area contributed by atoms with Crippen LogP contribution >= 0.6 is 0 Å². The maximum absolute atomic E-state index is 6.86. The van der Waals surface area contributed by atoms with E-state index in [2.05, 4.69) is 9.83 Å². The molecule has 0 amide bonds. The van der Waals surface area contributed by atoms with Gasteiger partial charge >= 0.3 is 5.82 Å². The molecule has 2 N–H and O–H groups in total. The smallest absolute Gasteiger partial charge is 0.313 e. The first kappa shape index (κ1) is 10.3. The SMILES string of the molecule is [C-]#[N+]c1nc(N)ccc1OCCOC. The second-order valence-electron chi connectivity index (χ2n) is 2.51. The van der Waals surface area contributed by atoms with E-state index in [9.17, 15) is 0 Å². The lowest BCUT2D eigenvalue weighted by Crippen LogP contribution is -2.04. The van der Waals surface area contributed by atoms with Crippen LogP contribution in [0.2, 0.25) is 0 Å². The van der Waals surface area contributed by atoms with E-state index in [0.717, 1.165) is 0 Å². The van der Waals surface area contributed by atoms with Gasteiger partial charge in [0.1, 0.15) is 12.4 Å². The summed E-state index contributed by atoms with van der Waals surface area (Å²) >= 11 is 0. The molecule has 0 radical (unpaired) electrons. The number of nitrogens with two attached hydrogens (primary N) is 1. The summed E-state index contributed by atoms with van der Waals surface area (Å²) in [7, 11) is 1.58. The van der Waals surface area contributed by atoms with Crippen LogP contribution in [0, 0.1) is 6.57 Å². The average Bonchev–Trinajstić information content (AvgIpc) is 2.20. The molecule has 0 saturated carbocycles. The number of nitrogen functional groups attached to an aromatic ring is 1. The fraction of sp³-hybridized carbons (Fsp3) is 0.333. The molecule has 1 rings (SSSR count). The van der Waals surface area contributed by atoms with Gasteiger partial charge in [0.2, 0.25) is 5.82 Å². The zero-order chi connectivity index (χ0) is 10.4. The van der Waals surface area contributed by atoms with E-state index in [1.165, 1.54) is 0 Å². The van der Waals surface area contributed by atoms with E-state index in [0.29, 0.717) is 24.8 Å². The first-order valence-electron chi connectivity index (χ1n) is 4.03. The van der Waals surface area contributed by atoms with E-state index in [-0.39, 0.29) is 5.82 Å². The van der Waals surface area contributed by atoms with Crippen molar-refractivity contribution >= 4 is 11.6 Å². The van der Waals surface area contributed by atoms with Gasteiger partial charge < -0.3 is 20.1 Å². The van der Waals surface area contributed by atoms with E-state index in [1.807, 2.05) is 0 Å². The van der Waals surface area contributed by atoms with Crippen molar-refractivity contribution in [1.82, 2.24) is 4.98 Å². The van der Waals surface area contributed by atoms with E-state index in [4.69, 9.17) is 21.8 Å². The fourth-order valence-electron chi connectivity index (χ4n) is 0.878. The molecule has 14 heavy (non-hydrogen) atoms. The van der Waals surface area contributed by atoms with Crippen LogP contribution in [0.5, 0.6) is 5.75 Å². The van der Waals surface area contributed by atoms with Crippen LogP contribution in [0.25, 0.3) is 4.85 Å². The van der Waals surface area contributed by atoms with Gasteiger partial charge in [-0.3, -0.25) is 0 Å². The second-order valence-corrected chi connectivity index (χ2v) is 2.51. The van der Waals surface area contributed by atoms with Gasteiger partial charge in [-0.2, -0.15) is 0 Å². The van der Waals surface area contributed by atoms with Crippen molar-refractivity contribution in [3.05, 3.63) is 23.5 Å². The molecule has 5 heteroatoms. The van der Waals surface area contributed by atoms with E-state index in [1.54, 1.807) is 19.2 Å². The molecular weight excluding hydrogens is 182 g/mol. The highest BCUT2D eigenvalue weighted by molar-refractivity contribution is 5.55. The maximum Gasteiger partial charge on any atom is 0.313 e. The van der Waals surface area contributed by atoms with Crippen LogP contribution in [0.15, 0.2) is 12.1 Å². The first-order chi connectivity index (χ1) is 6.77. The maximum atomic E-state index is 6.86. The molecule has 0 aliphatic rings. The molecule has 0 aliphatic heterocycles. The third-order valence-corrected chi connectivity index (χ3v) is 1.51. The number of hydrogen-bond donors (Lipinski definition) is 1. The highest BCUT2D eigenvalue weighted by atomic mass is 16.5. The molecule has 0 saturated heterocycles. The summed E-state index contributed by atoms with van der Waals surface area (Å²) < 4.78 is 10.1. The molecule has 0 aliphatic carbocycles. The Morgan fingerprint density at radius 3 is 2.93 bits per heavy atom. The summed E-state index contributed by atoms with van der Waals surface area (Å²) in [6.45, 7) is 7.72. The topological polar surface area (TPSA) is 61.7 Å². The Hall–Kier alpha value is -1.80. The monoisotopic (exact) mass is 193 g/mol. The second kappa shape index (κ2) is 5.04. The summed E-state index contributed by atoms with van der Waals surface area (Å²) in [4.78, 5) is 7.03. The van der Waals surface area contributed by atoms with E-state index >= 15 is 0 Å². The van der Waals surface area contributed by atoms with Gasteiger partial charge in [-0.1, -0.05) is 11.6 Å². The van der Waals surface area contributed by atoms with Crippen LogP contribution in [0.4, 0.5) is 11.6 Å². The van der Waals surface area contributed by atoms with Crippen LogP contribution in [-0.2, 0) is 4.74 Å². The minimum absolute atomic E-state index is 0.182. The van der Waals surface area contributed by atoms with Gasteiger partial charge in [-0.25, -0.2) is 0 Å². The lowest BCUT2D eigenvalue weighted by molar-refractivity contribution is 0.146. The number of methoxy groups -OCH3 is 1. The molecule has 1 aromatic rings. The third-order valence-electron chi connectivity index (χ3n) is 1.51. The van der Waals surface area contributed by atoms with Crippen molar-refractivity contribution in [1.29, 1.82) is 0 Å². The summed E-state index contributed by atoms with van der Waals surface area (Å²) in [5.74, 6) is 0.933. The number of anilines is 1. The molecule has 0 fully saturated rings. The number of hydrogen-bond acceptors (Lipinski definition) is 4. The van der Waals surface area contributed by atoms with Gasteiger partial charge in [-0.05, 0) is 6.07 Å².